The first-order chi connectivity index (χ1) is 14.7. The van der Waals surface area contributed by atoms with Crippen LogP contribution in [0.4, 0.5) is 0 Å². The second-order valence-electron chi connectivity index (χ2n) is 10.3. The van der Waals surface area contributed by atoms with Crippen molar-refractivity contribution in [2.24, 2.45) is 23.7 Å². The highest BCUT2D eigenvalue weighted by Gasteiger charge is 2.61. The van der Waals surface area contributed by atoms with Crippen LogP contribution in [-0.4, -0.2) is 0 Å². The number of benzene rings is 3. The summed E-state index contributed by atoms with van der Waals surface area (Å²) in [4.78, 5) is 0. The van der Waals surface area contributed by atoms with Gasteiger partial charge in [-0.15, -0.1) is 0 Å². The predicted molar refractivity (Wildman–Crippen MR) is 122 cm³/mol. The monoisotopic (exact) mass is 410 g/mol. The van der Waals surface area contributed by atoms with Crippen LogP contribution in [0, 0.1) is 23.7 Å². The molecule has 4 saturated carbocycles. The van der Waals surface area contributed by atoms with Crippen molar-refractivity contribution in [1.82, 2.24) is 0 Å². The summed E-state index contributed by atoms with van der Waals surface area (Å²) in [5.74, 6) is 3.52. The summed E-state index contributed by atoms with van der Waals surface area (Å²) in [6, 6.07) is 20.1. The molecule has 1 heterocycles. The van der Waals surface area contributed by atoms with Crippen LogP contribution in [-0.2, 0) is 5.41 Å². The van der Waals surface area contributed by atoms with Gasteiger partial charge in [0.1, 0.15) is 11.2 Å². The maximum Gasteiger partial charge on any atom is 0.136 e. The topological polar surface area (TPSA) is 13.1 Å². The molecule has 2 heteroatoms. The van der Waals surface area contributed by atoms with Crippen LogP contribution in [0.1, 0.15) is 43.2 Å². The highest BCUT2D eigenvalue weighted by atomic mass is 35.5. The fourth-order valence-corrected chi connectivity index (χ4v) is 8.64. The molecule has 0 unspecified atom stereocenters. The van der Waals surface area contributed by atoms with Crippen molar-refractivity contribution in [3.8, 4) is 11.1 Å². The zero-order valence-corrected chi connectivity index (χ0v) is 17.6. The van der Waals surface area contributed by atoms with E-state index >= 15 is 0 Å². The van der Waals surface area contributed by atoms with Crippen molar-refractivity contribution < 1.29 is 4.42 Å². The Morgan fingerprint density at radius 3 is 2.33 bits per heavy atom. The summed E-state index contributed by atoms with van der Waals surface area (Å²) < 4.78 is 6.28. The molecule has 0 N–H and O–H groups in total. The van der Waals surface area contributed by atoms with E-state index in [1.165, 1.54) is 54.0 Å². The Morgan fingerprint density at radius 1 is 0.767 bits per heavy atom. The molecule has 148 valence electrons. The number of hydrogen-bond acceptors (Lipinski definition) is 1. The summed E-state index contributed by atoms with van der Waals surface area (Å²) in [7, 11) is 0. The fraction of sp³-hybridized carbons (Fsp3) is 0.357. The number of fused-ring (bicyclic) bond motifs is 7. The maximum absolute atomic E-state index is 6.28. The Balaban J connectivity index is 1.52. The van der Waals surface area contributed by atoms with Crippen molar-refractivity contribution >= 4 is 33.5 Å². The van der Waals surface area contributed by atoms with E-state index in [9.17, 15) is 0 Å². The number of halogens is 1. The van der Waals surface area contributed by atoms with Crippen molar-refractivity contribution in [1.29, 1.82) is 0 Å². The second-order valence-corrected chi connectivity index (χ2v) is 10.8. The molecule has 4 aromatic rings. The van der Waals surface area contributed by atoms with Crippen LogP contribution in [0.3, 0.4) is 0 Å². The Hall–Kier alpha value is -2.25. The number of rotatable bonds is 0. The smallest absolute Gasteiger partial charge is 0.136 e. The summed E-state index contributed by atoms with van der Waals surface area (Å²) in [6.45, 7) is 0. The van der Waals surface area contributed by atoms with Gasteiger partial charge in [0.15, 0.2) is 0 Å². The summed E-state index contributed by atoms with van der Waals surface area (Å²) >= 11 is 6.28. The summed E-state index contributed by atoms with van der Waals surface area (Å²) in [5.41, 5.74) is 8.17. The zero-order valence-electron chi connectivity index (χ0n) is 16.8. The van der Waals surface area contributed by atoms with Crippen molar-refractivity contribution in [3.05, 3.63) is 70.7 Å². The Bertz CT molecular complexity index is 1350. The molecule has 30 heavy (non-hydrogen) atoms. The van der Waals surface area contributed by atoms with E-state index in [1.807, 2.05) is 12.1 Å². The minimum absolute atomic E-state index is 0.212. The molecule has 4 fully saturated rings. The predicted octanol–water partition coefficient (Wildman–Crippen LogP) is 7.96. The molecule has 4 bridgehead atoms. The maximum atomic E-state index is 6.28. The van der Waals surface area contributed by atoms with Crippen LogP contribution in [0.25, 0.3) is 33.1 Å². The standard InChI is InChI=1S/C28H23ClO/c29-19-5-6-21-25(14-19)30-24-8-7-23-26(27(21)24)20-3-1-2-4-22(20)28(23)17-10-15-9-16(12-17)13-18(28)11-15/h1-8,14-18H,9-13H2. The van der Waals surface area contributed by atoms with Gasteiger partial charge in [-0.05, 0) is 96.2 Å². The van der Waals surface area contributed by atoms with Crippen LogP contribution >= 0.6 is 11.6 Å². The number of hydrogen-bond donors (Lipinski definition) is 0. The summed E-state index contributed by atoms with van der Waals surface area (Å²) in [6.07, 6.45) is 7.16. The molecule has 9 rings (SSSR count). The Labute approximate surface area is 181 Å². The van der Waals surface area contributed by atoms with Gasteiger partial charge in [-0.25, -0.2) is 0 Å². The van der Waals surface area contributed by atoms with Crippen molar-refractivity contribution in [2.75, 3.05) is 0 Å². The molecule has 3 aromatic carbocycles. The van der Waals surface area contributed by atoms with E-state index < -0.39 is 0 Å². The second kappa shape index (κ2) is 5.32. The average molecular weight is 411 g/mol. The van der Waals surface area contributed by atoms with Crippen molar-refractivity contribution in [3.63, 3.8) is 0 Å². The Kier molecular flexibility index (Phi) is 2.92. The van der Waals surface area contributed by atoms with Gasteiger partial charge in [-0.1, -0.05) is 41.9 Å². The molecule has 1 nitrogen and oxygen atoms in total. The molecule has 1 aromatic heterocycles. The van der Waals surface area contributed by atoms with Gasteiger partial charge in [0, 0.05) is 27.3 Å². The fourth-order valence-electron chi connectivity index (χ4n) is 8.48. The molecule has 5 aliphatic rings. The lowest BCUT2D eigenvalue weighted by atomic mass is 9.43. The lowest BCUT2D eigenvalue weighted by Gasteiger charge is -2.61. The lowest BCUT2D eigenvalue weighted by Crippen LogP contribution is -2.55. The third-order valence-electron chi connectivity index (χ3n) is 9.11. The highest BCUT2D eigenvalue weighted by molar-refractivity contribution is 6.31. The molecule has 0 radical (unpaired) electrons. The SMILES string of the molecule is Clc1ccc2c(c1)oc1ccc3c(c12)-c1ccccc1C31C2CC3CC(C2)CC1C3. The molecule has 0 atom stereocenters. The molecule has 1 spiro atoms. The van der Waals surface area contributed by atoms with E-state index in [2.05, 4.69) is 42.5 Å². The van der Waals surface area contributed by atoms with Gasteiger partial charge in [-0.2, -0.15) is 0 Å². The summed E-state index contributed by atoms with van der Waals surface area (Å²) in [5, 5.41) is 3.22. The van der Waals surface area contributed by atoms with Gasteiger partial charge in [0.2, 0.25) is 0 Å². The minimum atomic E-state index is 0.212. The quantitative estimate of drug-likeness (QED) is 0.286. The molecular formula is C28H23ClO. The minimum Gasteiger partial charge on any atom is -0.456 e. The van der Waals surface area contributed by atoms with Crippen LogP contribution in [0.5, 0.6) is 0 Å². The van der Waals surface area contributed by atoms with E-state index in [0.29, 0.717) is 0 Å². The molecular weight excluding hydrogens is 388 g/mol. The van der Waals surface area contributed by atoms with Crippen LogP contribution < -0.4 is 0 Å². The first-order valence-corrected chi connectivity index (χ1v) is 11.9. The van der Waals surface area contributed by atoms with E-state index in [-0.39, 0.29) is 5.41 Å². The largest absolute Gasteiger partial charge is 0.456 e. The normalized spacial score (nSPS) is 33.0. The number of furan rings is 1. The lowest BCUT2D eigenvalue weighted by molar-refractivity contribution is -0.0399. The Morgan fingerprint density at radius 2 is 1.53 bits per heavy atom. The molecule has 0 amide bonds. The van der Waals surface area contributed by atoms with Crippen molar-refractivity contribution in [2.45, 2.75) is 37.5 Å². The average Bonchev–Trinajstić information content (AvgIpc) is 3.24. The van der Waals surface area contributed by atoms with Gasteiger partial charge in [0.05, 0.1) is 0 Å². The van der Waals surface area contributed by atoms with Crippen LogP contribution in [0.2, 0.25) is 5.02 Å². The van der Waals surface area contributed by atoms with E-state index in [0.717, 1.165) is 39.9 Å². The molecule has 0 saturated heterocycles. The first-order valence-electron chi connectivity index (χ1n) is 11.5. The van der Waals surface area contributed by atoms with E-state index in [4.69, 9.17) is 16.0 Å². The third kappa shape index (κ3) is 1.76. The van der Waals surface area contributed by atoms with E-state index in [1.54, 1.807) is 11.1 Å². The van der Waals surface area contributed by atoms with Gasteiger partial charge in [-0.3, -0.25) is 0 Å². The molecule has 5 aliphatic carbocycles. The first kappa shape index (κ1) is 16.4. The third-order valence-corrected chi connectivity index (χ3v) is 9.35. The van der Waals surface area contributed by atoms with Gasteiger partial charge in [0.25, 0.3) is 0 Å². The van der Waals surface area contributed by atoms with Crippen LogP contribution in [0.15, 0.2) is 59.0 Å². The van der Waals surface area contributed by atoms with Gasteiger partial charge < -0.3 is 4.42 Å². The zero-order chi connectivity index (χ0) is 19.6. The highest BCUT2D eigenvalue weighted by Crippen LogP contribution is 2.70. The molecule has 0 aliphatic heterocycles. The van der Waals surface area contributed by atoms with Gasteiger partial charge >= 0.3 is 0 Å².